The summed E-state index contributed by atoms with van der Waals surface area (Å²) in [4.78, 5) is 69.3. The average Bonchev–Trinajstić information content (AvgIpc) is 3.50. The van der Waals surface area contributed by atoms with Gasteiger partial charge in [0.05, 0.1) is 24.5 Å². The molecule has 3 aromatic carbocycles. The minimum atomic E-state index is -0.650. The molecule has 13 heteroatoms. The van der Waals surface area contributed by atoms with E-state index >= 15 is 0 Å². The summed E-state index contributed by atoms with van der Waals surface area (Å²) >= 11 is 2.56. The topological polar surface area (TPSA) is 143 Å². The lowest BCUT2D eigenvalue weighted by Crippen LogP contribution is -2.39. The maximum Gasteiger partial charge on any atom is 0.410 e. The zero-order valence-corrected chi connectivity index (χ0v) is 32.7. The fourth-order valence-electron chi connectivity index (χ4n) is 5.59. The van der Waals surface area contributed by atoms with Crippen LogP contribution < -0.4 is 16.0 Å². The number of rotatable bonds is 11. The monoisotopic (exact) mass is 768 g/mol. The minimum Gasteiger partial charge on any atom is -0.465 e. The highest BCUT2D eigenvalue weighted by Crippen LogP contribution is 2.39. The Labute approximate surface area is 323 Å². The van der Waals surface area contributed by atoms with E-state index in [-0.39, 0.29) is 18.1 Å². The van der Waals surface area contributed by atoms with Crippen LogP contribution in [0.5, 0.6) is 0 Å². The van der Waals surface area contributed by atoms with Gasteiger partial charge in [-0.05, 0) is 88.1 Å². The quantitative estimate of drug-likeness (QED) is 0.0791. The van der Waals surface area contributed by atoms with Crippen LogP contribution in [0.15, 0.2) is 89.5 Å². The van der Waals surface area contributed by atoms with Crippen molar-refractivity contribution in [3.05, 3.63) is 117 Å². The van der Waals surface area contributed by atoms with Crippen molar-refractivity contribution < 1.29 is 33.4 Å². The molecule has 0 bridgehead atoms. The van der Waals surface area contributed by atoms with Gasteiger partial charge in [0.1, 0.15) is 16.3 Å². The lowest BCUT2D eigenvalue weighted by molar-refractivity contribution is -0.116. The van der Waals surface area contributed by atoms with E-state index in [0.717, 1.165) is 26.5 Å². The van der Waals surface area contributed by atoms with Crippen LogP contribution >= 0.6 is 23.1 Å². The smallest absolute Gasteiger partial charge is 0.410 e. The summed E-state index contributed by atoms with van der Waals surface area (Å²) in [6.07, 6.45) is 2.05. The van der Waals surface area contributed by atoms with Gasteiger partial charge in [-0.2, -0.15) is 0 Å². The summed E-state index contributed by atoms with van der Waals surface area (Å²) in [5, 5.41) is 8.42. The highest BCUT2D eigenvalue weighted by Gasteiger charge is 2.33. The lowest BCUT2D eigenvalue weighted by atomic mass is 10.0. The summed E-state index contributed by atoms with van der Waals surface area (Å²) < 4.78 is 10.6. The van der Waals surface area contributed by atoms with E-state index < -0.39 is 34.7 Å². The van der Waals surface area contributed by atoms with Crippen LogP contribution in [0.2, 0.25) is 0 Å². The maximum absolute atomic E-state index is 13.7. The number of nitrogens with zero attached hydrogens (tertiary/aromatic N) is 1. The van der Waals surface area contributed by atoms with Crippen LogP contribution in [0.3, 0.4) is 0 Å². The number of hydrogen-bond acceptors (Lipinski definition) is 9. The molecule has 0 fully saturated rings. The van der Waals surface area contributed by atoms with Crippen molar-refractivity contribution in [2.75, 3.05) is 24.3 Å². The molecule has 1 atom stereocenters. The van der Waals surface area contributed by atoms with Gasteiger partial charge >= 0.3 is 12.1 Å². The van der Waals surface area contributed by atoms with Gasteiger partial charge < -0.3 is 30.3 Å². The molecule has 0 saturated carbocycles. The van der Waals surface area contributed by atoms with Crippen molar-refractivity contribution in [2.45, 2.75) is 69.8 Å². The molecule has 1 aromatic heterocycles. The molecule has 4 amide bonds. The van der Waals surface area contributed by atoms with E-state index in [2.05, 4.69) is 16.0 Å². The second-order valence-electron chi connectivity index (χ2n) is 13.6. The number of amides is 4. The predicted molar refractivity (Wildman–Crippen MR) is 213 cm³/mol. The Morgan fingerprint density at radius 3 is 2.35 bits per heavy atom. The summed E-state index contributed by atoms with van der Waals surface area (Å²) in [5.41, 5.74) is 3.14. The van der Waals surface area contributed by atoms with Gasteiger partial charge in [0, 0.05) is 27.6 Å². The largest absolute Gasteiger partial charge is 0.465 e. The van der Waals surface area contributed by atoms with Crippen molar-refractivity contribution in [3.8, 4) is 0 Å². The van der Waals surface area contributed by atoms with E-state index in [0.29, 0.717) is 41.2 Å². The van der Waals surface area contributed by atoms with E-state index in [1.165, 1.54) is 30.2 Å². The third-order valence-corrected chi connectivity index (χ3v) is 10.8. The number of nitrogens with one attached hydrogen (secondary N) is 3. The summed E-state index contributed by atoms with van der Waals surface area (Å²) in [6.45, 7) is 9.87. The van der Waals surface area contributed by atoms with E-state index in [1.807, 2.05) is 44.2 Å². The highest BCUT2D eigenvalue weighted by atomic mass is 32.2. The molecule has 1 aliphatic rings. The first-order chi connectivity index (χ1) is 25.7. The van der Waals surface area contributed by atoms with Gasteiger partial charge in [0.15, 0.2) is 0 Å². The number of methoxy groups -OCH3 is 1. The number of benzene rings is 3. The molecule has 0 radical (unpaired) electrons. The number of fused-ring (bicyclic) bond motifs is 1. The van der Waals surface area contributed by atoms with E-state index in [1.54, 1.807) is 80.3 Å². The molecule has 0 spiro atoms. The maximum atomic E-state index is 13.7. The van der Waals surface area contributed by atoms with Crippen molar-refractivity contribution >= 4 is 69.6 Å². The fourth-order valence-corrected chi connectivity index (χ4v) is 7.86. The van der Waals surface area contributed by atoms with Crippen molar-refractivity contribution in [2.24, 2.45) is 0 Å². The van der Waals surface area contributed by atoms with Crippen molar-refractivity contribution in [3.63, 3.8) is 0 Å². The minimum absolute atomic E-state index is 0.0610. The van der Waals surface area contributed by atoms with Gasteiger partial charge in [0.25, 0.3) is 11.8 Å². The number of aryl methyl sites for hydroxylation is 1. The molecule has 11 nitrogen and oxygen atoms in total. The van der Waals surface area contributed by atoms with Gasteiger partial charge in [-0.3, -0.25) is 14.4 Å². The number of esters is 1. The first kappa shape index (κ1) is 39.8. The normalized spacial score (nSPS) is 13.3. The predicted octanol–water partition coefficient (Wildman–Crippen LogP) is 8.06. The Hall–Kier alpha value is -5.40. The van der Waals surface area contributed by atoms with E-state index in [9.17, 15) is 24.0 Å². The summed E-state index contributed by atoms with van der Waals surface area (Å²) in [6, 6.07) is 23.3. The molecule has 3 N–H and O–H groups in total. The van der Waals surface area contributed by atoms with Crippen LogP contribution in [-0.4, -0.2) is 59.2 Å². The molecular formula is C41H44N4O7S2. The second kappa shape index (κ2) is 17.6. The van der Waals surface area contributed by atoms with Crippen molar-refractivity contribution in [1.29, 1.82) is 0 Å². The number of ether oxygens (including phenoxy) is 2. The Kier molecular flexibility index (Phi) is 13.0. The Balaban J connectivity index is 1.31. The molecule has 0 saturated heterocycles. The fraction of sp³-hybridized carbons (Fsp3) is 0.293. The molecule has 54 heavy (non-hydrogen) atoms. The Morgan fingerprint density at radius 1 is 0.963 bits per heavy atom. The van der Waals surface area contributed by atoms with Crippen molar-refractivity contribution in [1.82, 2.24) is 10.2 Å². The SMILES string of the molecule is CCC(Sc1cccc(NC(=O)/C(=C\c2ccc(C)cc2)NC(=O)c2ccccc2)c1)C(=O)Nc1sc2c(c1C(=O)OC)CCN(C(=O)OC(C)(C)C)C2. The molecule has 2 heterocycles. The average molecular weight is 769 g/mol. The number of anilines is 2. The van der Waals surface area contributed by atoms with Gasteiger partial charge in [0.2, 0.25) is 5.91 Å². The van der Waals surface area contributed by atoms with Gasteiger partial charge in [-0.1, -0.05) is 61.0 Å². The van der Waals surface area contributed by atoms with Crippen LogP contribution in [0, 0.1) is 6.92 Å². The summed E-state index contributed by atoms with van der Waals surface area (Å²) in [7, 11) is 1.29. The second-order valence-corrected chi connectivity index (χ2v) is 16.0. The lowest BCUT2D eigenvalue weighted by Gasteiger charge is -2.30. The van der Waals surface area contributed by atoms with Gasteiger partial charge in [-0.25, -0.2) is 9.59 Å². The van der Waals surface area contributed by atoms with Crippen LogP contribution in [0.4, 0.5) is 15.5 Å². The van der Waals surface area contributed by atoms with Crippen LogP contribution in [0.1, 0.15) is 76.4 Å². The number of carbonyl (C=O) groups is 5. The molecule has 5 rings (SSSR count). The number of hydrogen-bond donors (Lipinski definition) is 3. The molecule has 4 aromatic rings. The van der Waals surface area contributed by atoms with E-state index in [4.69, 9.17) is 9.47 Å². The van der Waals surface area contributed by atoms with Crippen LogP contribution in [-0.2, 0) is 32.0 Å². The summed E-state index contributed by atoms with van der Waals surface area (Å²) in [5.74, 6) is -1.81. The highest BCUT2D eigenvalue weighted by molar-refractivity contribution is 8.00. The number of carbonyl (C=O) groups excluding carboxylic acids is 5. The Bertz CT molecular complexity index is 2050. The molecule has 0 aliphatic carbocycles. The first-order valence-electron chi connectivity index (χ1n) is 17.5. The third kappa shape index (κ3) is 10.4. The zero-order valence-electron chi connectivity index (χ0n) is 31.1. The molecular weight excluding hydrogens is 725 g/mol. The third-order valence-electron chi connectivity index (χ3n) is 8.29. The Morgan fingerprint density at radius 2 is 1.69 bits per heavy atom. The number of thioether (sulfide) groups is 1. The zero-order chi connectivity index (χ0) is 39.0. The molecule has 1 aliphatic heterocycles. The van der Waals surface area contributed by atoms with Crippen LogP contribution in [0.25, 0.3) is 6.08 Å². The molecule has 282 valence electrons. The first-order valence-corrected chi connectivity index (χ1v) is 19.2. The molecule has 1 unspecified atom stereocenters. The standard InChI is InChI=1S/C41H44N4O7S2/c1-7-32(37(48)44-38-34(39(49)51-6)30-20-21-45(24-33(30)54-38)40(50)52-41(3,4)5)53-29-15-11-14-28(23-29)42-36(47)31(22-26-18-16-25(2)17-19-26)43-35(46)27-12-9-8-10-13-27/h8-19,22-23,32H,7,20-21,24H2,1-6H3,(H,42,47)(H,43,46)(H,44,48)/b31-22+. The number of thiophene rings is 1. The van der Waals surface area contributed by atoms with Gasteiger partial charge in [-0.15, -0.1) is 23.1 Å².